The summed E-state index contributed by atoms with van der Waals surface area (Å²) in [5.74, 6) is -1.09. The Morgan fingerprint density at radius 3 is 1.67 bits per heavy atom. The number of halogens is 7. The van der Waals surface area contributed by atoms with E-state index >= 15 is 0 Å². The molecular formula is C42H37BrF6N10O. The number of nitrogens with zero attached hydrogens (tertiary/aromatic N) is 8. The van der Waals surface area contributed by atoms with Gasteiger partial charge in [0.15, 0.2) is 11.6 Å². The molecule has 11 nitrogen and oxygen atoms in total. The molecule has 4 heterocycles. The van der Waals surface area contributed by atoms with Gasteiger partial charge < -0.3 is 15.8 Å². The number of aromatic nitrogens is 8. The molecule has 0 amide bonds. The largest absolute Gasteiger partial charge is 0.497 e. The van der Waals surface area contributed by atoms with E-state index in [9.17, 15) is 26.3 Å². The van der Waals surface area contributed by atoms with Gasteiger partial charge in [0.1, 0.15) is 16.2 Å². The smallest absolute Gasteiger partial charge is 0.450 e. The highest BCUT2D eigenvalue weighted by Crippen LogP contribution is 2.35. The van der Waals surface area contributed by atoms with Gasteiger partial charge in [0, 0.05) is 19.2 Å². The fourth-order valence-electron chi connectivity index (χ4n) is 6.00. The first-order valence-corrected chi connectivity index (χ1v) is 18.9. The number of nitrogens with two attached hydrogens (primary N) is 1. The molecule has 3 N–H and O–H groups in total. The quantitative estimate of drug-likeness (QED) is 0.150. The van der Waals surface area contributed by atoms with Crippen molar-refractivity contribution in [3.05, 3.63) is 154 Å². The second kappa shape index (κ2) is 18.3. The number of alkyl halides is 6. The topological polar surface area (TPSA) is 134 Å². The number of nitrogens with one attached hydrogen (secondary N) is 1. The standard InChI is InChI=1S/C21H18F3N5.C13H8BrF3N4O.C8H11N/c1-13-7-8-17-16(9-13)28-20(21(22,23)24)29(17)19-12-26-18(11-27-19)25-10-15-6-4-3-5-14(15)2;1-22-7-2-3-9-8(4-7)20-12(13(15,16)17)21(9)11-6-18-10(14)5-19-11;1-7-4-2-3-5-8(7)6-9/h3-9,11-12H,10H2,1-2H3,(H,25,26);2-6H,1H3;2-5H,6,9H2,1H3. The van der Waals surface area contributed by atoms with Crippen LogP contribution in [0.5, 0.6) is 5.75 Å². The van der Waals surface area contributed by atoms with Gasteiger partial charge in [0.2, 0.25) is 11.6 Å². The van der Waals surface area contributed by atoms with Crippen LogP contribution >= 0.6 is 15.9 Å². The molecule has 4 aromatic carbocycles. The summed E-state index contributed by atoms with van der Waals surface area (Å²) < 4.78 is 87.8. The highest BCUT2D eigenvalue weighted by molar-refractivity contribution is 9.10. The van der Waals surface area contributed by atoms with E-state index in [0.29, 0.717) is 34.8 Å². The van der Waals surface area contributed by atoms with E-state index in [1.165, 1.54) is 55.2 Å². The molecule has 0 atom stereocenters. The van der Waals surface area contributed by atoms with Gasteiger partial charge >= 0.3 is 12.4 Å². The molecule has 0 aliphatic carbocycles. The van der Waals surface area contributed by atoms with Crippen molar-refractivity contribution in [3.63, 3.8) is 0 Å². The number of rotatable bonds is 7. The molecule has 18 heteroatoms. The third-order valence-electron chi connectivity index (χ3n) is 9.08. The van der Waals surface area contributed by atoms with Gasteiger partial charge in [-0.25, -0.2) is 29.9 Å². The van der Waals surface area contributed by atoms with E-state index in [1.54, 1.807) is 31.2 Å². The minimum absolute atomic E-state index is 0.0307. The van der Waals surface area contributed by atoms with Gasteiger partial charge in [-0.15, -0.1) is 0 Å². The average Bonchev–Trinajstić information content (AvgIpc) is 3.81. The van der Waals surface area contributed by atoms with Gasteiger partial charge in [0.05, 0.1) is 54.0 Å². The first kappa shape index (κ1) is 43.2. The van der Waals surface area contributed by atoms with E-state index in [1.807, 2.05) is 43.3 Å². The summed E-state index contributed by atoms with van der Waals surface area (Å²) in [6, 6.07) is 25.5. The van der Waals surface area contributed by atoms with Gasteiger partial charge in [-0.2, -0.15) is 26.3 Å². The zero-order valence-electron chi connectivity index (χ0n) is 32.5. The monoisotopic (exact) mass is 890 g/mol. The zero-order valence-corrected chi connectivity index (χ0v) is 34.1. The highest BCUT2D eigenvalue weighted by Gasteiger charge is 2.39. The molecule has 0 aliphatic heterocycles. The van der Waals surface area contributed by atoms with Crippen LogP contribution in [-0.4, -0.2) is 46.1 Å². The van der Waals surface area contributed by atoms with Crippen LogP contribution in [-0.2, 0) is 25.4 Å². The molecule has 0 aliphatic rings. The van der Waals surface area contributed by atoms with Crippen molar-refractivity contribution < 1.29 is 31.1 Å². The van der Waals surface area contributed by atoms with E-state index < -0.39 is 24.0 Å². The number of fused-ring (bicyclic) bond motifs is 2. The molecule has 8 aromatic rings. The Bertz CT molecular complexity index is 2720. The molecule has 0 fully saturated rings. The molecular weight excluding hydrogens is 854 g/mol. The van der Waals surface area contributed by atoms with E-state index in [-0.39, 0.29) is 28.2 Å². The van der Waals surface area contributed by atoms with Gasteiger partial charge in [0.25, 0.3) is 0 Å². The summed E-state index contributed by atoms with van der Waals surface area (Å²) in [6.45, 7) is 7.08. The SMILES string of the molecule is COc1ccc2c(c1)nc(C(F)(F)F)n2-c1cnc(Br)cn1.Cc1ccc2c(c1)nc(C(F)(F)F)n2-c1cnc(NCc2ccccc2C)cn1.Cc1ccccc1CN. The van der Waals surface area contributed by atoms with Crippen LogP contribution in [0.1, 0.15) is 39.5 Å². The zero-order chi connectivity index (χ0) is 43.2. The molecule has 4 aromatic heterocycles. The van der Waals surface area contributed by atoms with Crippen LogP contribution in [0.3, 0.4) is 0 Å². The van der Waals surface area contributed by atoms with Crippen LogP contribution in [0, 0.1) is 20.8 Å². The van der Waals surface area contributed by atoms with Crippen molar-refractivity contribution in [1.29, 1.82) is 0 Å². The van der Waals surface area contributed by atoms with Crippen molar-refractivity contribution in [2.24, 2.45) is 5.73 Å². The Labute approximate surface area is 348 Å². The van der Waals surface area contributed by atoms with Crippen molar-refractivity contribution in [2.75, 3.05) is 12.4 Å². The van der Waals surface area contributed by atoms with Gasteiger partial charge in [-0.3, -0.25) is 9.13 Å². The fraction of sp³-hybridized carbons (Fsp3) is 0.190. The lowest BCUT2D eigenvalue weighted by Crippen LogP contribution is -2.15. The lowest BCUT2D eigenvalue weighted by atomic mass is 10.1. The Morgan fingerprint density at radius 2 is 1.18 bits per heavy atom. The molecule has 0 saturated heterocycles. The number of methoxy groups -OCH3 is 1. The normalized spacial score (nSPS) is 11.5. The Kier molecular flexibility index (Phi) is 13.1. The molecule has 8 rings (SSSR count). The summed E-state index contributed by atoms with van der Waals surface area (Å²) in [5, 5.41) is 3.14. The maximum absolute atomic E-state index is 13.6. The predicted molar refractivity (Wildman–Crippen MR) is 220 cm³/mol. The minimum Gasteiger partial charge on any atom is -0.497 e. The molecule has 60 heavy (non-hydrogen) atoms. The number of ether oxygens (including phenoxy) is 1. The van der Waals surface area contributed by atoms with Crippen LogP contribution in [0.15, 0.2) is 114 Å². The average molecular weight is 892 g/mol. The maximum atomic E-state index is 13.6. The third kappa shape index (κ3) is 10.1. The first-order chi connectivity index (χ1) is 28.6. The summed E-state index contributed by atoms with van der Waals surface area (Å²) in [4.78, 5) is 23.8. The number of aryl methyl sites for hydroxylation is 3. The minimum atomic E-state index is -4.62. The van der Waals surface area contributed by atoms with Crippen LogP contribution in [0.2, 0.25) is 0 Å². The Hall–Kier alpha value is -6.40. The van der Waals surface area contributed by atoms with Crippen molar-refractivity contribution in [2.45, 2.75) is 46.2 Å². The molecule has 0 spiro atoms. The van der Waals surface area contributed by atoms with Crippen molar-refractivity contribution >= 4 is 43.8 Å². The van der Waals surface area contributed by atoms with Gasteiger partial charge in [-0.05, 0) is 88.8 Å². The van der Waals surface area contributed by atoms with E-state index in [2.05, 4.69) is 70.2 Å². The lowest BCUT2D eigenvalue weighted by molar-refractivity contribution is -0.146. The number of anilines is 1. The number of imidazole rings is 2. The van der Waals surface area contributed by atoms with Crippen LogP contribution in [0.25, 0.3) is 33.7 Å². The van der Waals surface area contributed by atoms with Crippen LogP contribution in [0.4, 0.5) is 32.2 Å². The molecule has 0 unspecified atom stereocenters. The molecule has 0 radical (unpaired) electrons. The second-order valence-electron chi connectivity index (χ2n) is 13.3. The Morgan fingerprint density at radius 1 is 0.650 bits per heavy atom. The van der Waals surface area contributed by atoms with Crippen molar-refractivity contribution in [1.82, 2.24) is 39.0 Å². The Balaban J connectivity index is 0.000000171. The first-order valence-electron chi connectivity index (χ1n) is 18.1. The summed E-state index contributed by atoms with van der Waals surface area (Å²) in [7, 11) is 1.43. The number of benzene rings is 4. The van der Waals surface area contributed by atoms with Crippen LogP contribution < -0.4 is 15.8 Å². The highest BCUT2D eigenvalue weighted by atomic mass is 79.9. The van der Waals surface area contributed by atoms with E-state index in [0.717, 1.165) is 25.8 Å². The van der Waals surface area contributed by atoms with Crippen molar-refractivity contribution in [3.8, 4) is 17.4 Å². The van der Waals surface area contributed by atoms with E-state index in [4.69, 9.17) is 10.5 Å². The summed E-state index contributed by atoms with van der Waals surface area (Å²) in [6.07, 6.45) is -3.93. The predicted octanol–water partition coefficient (Wildman–Crippen LogP) is 10.1. The fourth-order valence-corrected chi connectivity index (χ4v) is 6.21. The summed E-state index contributed by atoms with van der Waals surface area (Å²) in [5.41, 5.74) is 12.1. The third-order valence-corrected chi connectivity index (χ3v) is 9.49. The lowest BCUT2D eigenvalue weighted by Gasteiger charge is -2.12. The summed E-state index contributed by atoms with van der Waals surface area (Å²) >= 11 is 3.10. The second-order valence-corrected chi connectivity index (χ2v) is 14.1. The molecule has 0 bridgehead atoms. The number of hydrogen-bond acceptors (Lipinski definition) is 9. The van der Waals surface area contributed by atoms with Gasteiger partial charge in [-0.1, -0.05) is 54.6 Å². The maximum Gasteiger partial charge on any atom is 0.450 e. The molecule has 0 saturated carbocycles. The number of hydrogen-bond donors (Lipinski definition) is 2. The molecule has 310 valence electrons.